The van der Waals surface area contributed by atoms with Gasteiger partial charge in [-0.2, -0.15) is 10.2 Å². The average Bonchev–Trinajstić information content (AvgIpc) is 2.42. The van der Waals surface area contributed by atoms with Crippen molar-refractivity contribution in [2.75, 3.05) is 6.61 Å². The molecule has 0 amide bonds. The maximum Gasteiger partial charge on any atom is 0.159 e. The number of phenolic OH excluding ortho intramolecular Hbond substituents is 2. The van der Waals surface area contributed by atoms with Crippen LogP contribution in [0.3, 0.4) is 0 Å². The first-order chi connectivity index (χ1) is 9.19. The molecule has 0 fully saturated rings. The second-order valence-corrected chi connectivity index (χ2v) is 3.80. The number of ether oxygens (including phenoxy) is 1. The van der Waals surface area contributed by atoms with Gasteiger partial charge in [-0.05, 0) is 43.3 Å². The van der Waals surface area contributed by atoms with Gasteiger partial charge in [0, 0.05) is 6.07 Å². The number of phenols is 2. The summed E-state index contributed by atoms with van der Waals surface area (Å²) >= 11 is 0. The molecule has 5 heteroatoms. The molecule has 5 nitrogen and oxygen atoms in total. The van der Waals surface area contributed by atoms with E-state index in [1.807, 2.05) is 19.1 Å². The zero-order chi connectivity index (χ0) is 13.7. The minimum Gasteiger partial charge on any atom is -0.504 e. The van der Waals surface area contributed by atoms with Gasteiger partial charge in [-0.1, -0.05) is 0 Å². The van der Waals surface area contributed by atoms with Crippen molar-refractivity contribution in [2.24, 2.45) is 10.2 Å². The van der Waals surface area contributed by atoms with Crippen molar-refractivity contribution in [3.63, 3.8) is 0 Å². The van der Waals surface area contributed by atoms with E-state index < -0.39 is 0 Å². The third kappa shape index (κ3) is 3.45. The Balaban J connectivity index is 2.11. The number of hydrogen-bond donors (Lipinski definition) is 2. The van der Waals surface area contributed by atoms with E-state index in [9.17, 15) is 10.2 Å². The van der Waals surface area contributed by atoms with E-state index in [2.05, 4.69) is 10.2 Å². The van der Waals surface area contributed by atoms with Crippen LogP contribution in [0, 0.1) is 0 Å². The molecule has 19 heavy (non-hydrogen) atoms. The summed E-state index contributed by atoms with van der Waals surface area (Å²) in [6.45, 7) is 2.54. The lowest BCUT2D eigenvalue weighted by Gasteiger charge is -2.01. The summed E-state index contributed by atoms with van der Waals surface area (Å²) in [6.07, 6.45) is 0. The largest absolute Gasteiger partial charge is 0.504 e. The third-order valence-corrected chi connectivity index (χ3v) is 2.39. The van der Waals surface area contributed by atoms with Crippen LogP contribution in [0.25, 0.3) is 0 Å². The summed E-state index contributed by atoms with van der Waals surface area (Å²) in [4.78, 5) is 0. The Bertz CT molecular complexity index is 580. The quantitative estimate of drug-likeness (QED) is 0.644. The molecule has 0 spiro atoms. The molecular weight excluding hydrogens is 244 g/mol. The molecule has 0 heterocycles. The number of nitrogens with zero attached hydrogens (tertiary/aromatic N) is 2. The van der Waals surface area contributed by atoms with Gasteiger partial charge in [-0.3, -0.25) is 0 Å². The van der Waals surface area contributed by atoms with Crippen molar-refractivity contribution < 1.29 is 14.9 Å². The van der Waals surface area contributed by atoms with Gasteiger partial charge in [-0.25, -0.2) is 0 Å². The van der Waals surface area contributed by atoms with Gasteiger partial charge >= 0.3 is 0 Å². The maximum absolute atomic E-state index is 9.32. The van der Waals surface area contributed by atoms with Gasteiger partial charge in [0.05, 0.1) is 18.0 Å². The van der Waals surface area contributed by atoms with Crippen LogP contribution in [0.4, 0.5) is 11.4 Å². The highest BCUT2D eigenvalue weighted by atomic mass is 16.5. The Morgan fingerprint density at radius 3 is 2.16 bits per heavy atom. The van der Waals surface area contributed by atoms with Crippen LogP contribution in [0.2, 0.25) is 0 Å². The summed E-state index contributed by atoms with van der Waals surface area (Å²) in [6, 6.07) is 11.5. The van der Waals surface area contributed by atoms with Crippen LogP contribution < -0.4 is 4.74 Å². The maximum atomic E-state index is 9.32. The fraction of sp³-hybridized carbons (Fsp3) is 0.143. The van der Waals surface area contributed by atoms with Gasteiger partial charge < -0.3 is 14.9 Å². The normalized spacial score (nSPS) is 10.8. The van der Waals surface area contributed by atoms with Crippen LogP contribution >= 0.6 is 0 Å². The Kier molecular flexibility index (Phi) is 3.97. The molecule has 0 radical (unpaired) electrons. The fourth-order valence-corrected chi connectivity index (χ4v) is 1.47. The van der Waals surface area contributed by atoms with E-state index >= 15 is 0 Å². The number of hydrogen-bond acceptors (Lipinski definition) is 5. The molecule has 0 saturated heterocycles. The van der Waals surface area contributed by atoms with Gasteiger partial charge in [0.1, 0.15) is 5.75 Å². The molecule has 0 atom stereocenters. The minimum absolute atomic E-state index is 0.181. The molecule has 2 N–H and O–H groups in total. The van der Waals surface area contributed by atoms with E-state index in [-0.39, 0.29) is 11.5 Å². The van der Waals surface area contributed by atoms with Crippen molar-refractivity contribution in [2.45, 2.75) is 6.92 Å². The van der Waals surface area contributed by atoms with Crippen LogP contribution in [-0.4, -0.2) is 16.8 Å². The summed E-state index contributed by atoms with van der Waals surface area (Å²) < 4.78 is 5.32. The van der Waals surface area contributed by atoms with Gasteiger partial charge in [0.15, 0.2) is 11.5 Å². The fourth-order valence-electron chi connectivity index (χ4n) is 1.47. The molecule has 2 aromatic carbocycles. The Morgan fingerprint density at radius 2 is 1.53 bits per heavy atom. The molecule has 0 aliphatic carbocycles. The molecule has 0 unspecified atom stereocenters. The number of aromatic hydroxyl groups is 2. The molecule has 0 bridgehead atoms. The average molecular weight is 258 g/mol. The molecule has 0 aliphatic heterocycles. The molecule has 2 aromatic rings. The summed E-state index contributed by atoms with van der Waals surface area (Å²) in [5, 5.41) is 26.5. The monoisotopic (exact) mass is 258 g/mol. The van der Waals surface area contributed by atoms with Crippen molar-refractivity contribution in [3.8, 4) is 17.2 Å². The van der Waals surface area contributed by atoms with Crippen LogP contribution in [0.1, 0.15) is 6.92 Å². The van der Waals surface area contributed by atoms with Crippen LogP contribution in [0.15, 0.2) is 52.7 Å². The number of benzene rings is 2. The lowest BCUT2D eigenvalue weighted by atomic mass is 10.3. The second kappa shape index (κ2) is 5.86. The van der Waals surface area contributed by atoms with Gasteiger partial charge in [0.2, 0.25) is 0 Å². The summed E-state index contributed by atoms with van der Waals surface area (Å²) in [5.74, 6) is 0.381. The first-order valence-electron chi connectivity index (χ1n) is 5.85. The lowest BCUT2D eigenvalue weighted by molar-refractivity contribution is 0.340. The highest BCUT2D eigenvalue weighted by Crippen LogP contribution is 2.30. The summed E-state index contributed by atoms with van der Waals surface area (Å²) in [5.41, 5.74) is 1.14. The Hall–Kier alpha value is -2.56. The molecular formula is C14H14N2O3. The van der Waals surface area contributed by atoms with Crippen molar-refractivity contribution in [1.29, 1.82) is 0 Å². The van der Waals surface area contributed by atoms with E-state index in [0.717, 1.165) is 5.75 Å². The number of azo groups is 1. The number of rotatable bonds is 4. The zero-order valence-electron chi connectivity index (χ0n) is 10.4. The highest BCUT2D eigenvalue weighted by Gasteiger charge is 1.99. The first kappa shape index (κ1) is 12.9. The Labute approximate surface area is 110 Å². The molecule has 0 aromatic heterocycles. The Morgan fingerprint density at radius 1 is 0.895 bits per heavy atom. The van der Waals surface area contributed by atoms with Crippen LogP contribution in [0.5, 0.6) is 17.2 Å². The van der Waals surface area contributed by atoms with Crippen molar-refractivity contribution >= 4 is 11.4 Å². The molecule has 0 saturated carbocycles. The second-order valence-electron chi connectivity index (χ2n) is 3.80. The van der Waals surface area contributed by atoms with E-state index in [4.69, 9.17) is 4.74 Å². The van der Waals surface area contributed by atoms with Gasteiger partial charge in [0.25, 0.3) is 0 Å². The van der Waals surface area contributed by atoms with E-state index in [0.29, 0.717) is 18.0 Å². The zero-order valence-corrected chi connectivity index (χ0v) is 10.4. The molecule has 0 aliphatic rings. The van der Waals surface area contributed by atoms with Crippen LogP contribution in [-0.2, 0) is 0 Å². The lowest BCUT2D eigenvalue weighted by Crippen LogP contribution is -1.89. The predicted molar refractivity (Wildman–Crippen MR) is 71.6 cm³/mol. The van der Waals surface area contributed by atoms with Gasteiger partial charge in [-0.15, -0.1) is 0 Å². The smallest absolute Gasteiger partial charge is 0.159 e. The van der Waals surface area contributed by atoms with E-state index in [1.54, 1.807) is 18.2 Å². The van der Waals surface area contributed by atoms with E-state index in [1.165, 1.54) is 12.1 Å². The summed E-state index contributed by atoms with van der Waals surface area (Å²) in [7, 11) is 0. The molecule has 98 valence electrons. The standard InChI is InChI=1S/C14H14N2O3/c1-2-19-12-6-3-10(4-7-12)15-16-11-5-8-13(17)14(18)9-11/h3-9,17-18H,2H2,1H3. The minimum atomic E-state index is -0.219. The highest BCUT2D eigenvalue weighted by molar-refractivity contribution is 5.50. The van der Waals surface area contributed by atoms with Crippen molar-refractivity contribution in [3.05, 3.63) is 42.5 Å². The third-order valence-electron chi connectivity index (χ3n) is 2.39. The van der Waals surface area contributed by atoms with Crippen molar-refractivity contribution in [1.82, 2.24) is 0 Å². The first-order valence-corrected chi connectivity index (χ1v) is 5.85. The molecule has 2 rings (SSSR count). The predicted octanol–water partition coefficient (Wildman–Crippen LogP) is 3.91. The SMILES string of the molecule is CCOc1ccc(N=Nc2ccc(O)c(O)c2)cc1. The topological polar surface area (TPSA) is 74.4 Å².